The van der Waals surface area contributed by atoms with Gasteiger partial charge < -0.3 is 15.0 Å². The van der Waals surface area contributed by atoms with Crippen LogP contribution in [0.25, 0.3) is 0 Å². The van der Waals surface area contributed by atoms with Gasteiger partial charge in [0, 0.05) is 13.0 Å². The number of hydrogen-bond donors (Lipinski definition) is 1. The summed E-state index contributed by atoms with van der Waals surface area (Å²) in [5.41, 5.74) is 0.466. The highest BCUT2D eigenvalue weighted by atomic mass is 35.5. The number of amidine groups is 1. The summed E-state index contributed by atoms with van der Waals surface area (Å²) in [6, 6.07) is 5.87. The molecule has 2 aliphatic rings. The van der Waals surface area contributed by atoms with Gasteiger partial charge in [0.25, 0.3) is 15.9 Å². The first-order valence-corrected chi connectivity index (χ1v) is 11.9. The van der Waals surface area contributed by atoms with E-state index in [1.54, 1.807) is 6.07 Å². The number of carbonyl (C=O) groups excluding carboxylic acids is 2. The summed E-state index contributed by atoms with van der Waals surface area (Å²) in [6.07, 6.45) is 3.37. The van der Waals surface area contributed by atoms with Gasteiger partial charge in [0.1, 0.15) is 15.6 Å². The van der Waals surface area contributed by atoms with E-state index in [1.165, 1.54) is 25.3 Å². The Hall–Kier alpha value is -2.43. The van der Waals surface area contributed by atoms with Gasteiger partial charge in [-0.3, -0.25) is 4.79 Å². The predicted octanol–water partition coefficient (Wildman–Crippen LogP) is 3.92. The number of amides is 1. The lowest BCUT2D eigenvalue weighted by atomic mass is 10.1. The quantitative estimate of drug-likeness (QED) is 0.686. The summed E-state index contributed by atoms with van der Waals surface area (Å²) in [4.78, 5) is 26.5. The minimum atomic E-state index is -3.94. The van der Waals surface area contributed by atoms with E-state index in [-0.39, 0.29) is 15.5 Å². The number of sulfonamides is 1. The number of hydrogen-bond acceptors (Lipinski definition) is 7. The van der Waals surface area contributed by atoms with Gasteiger partial charge in [-0.05, 0) is 37.1 Å². The Morgan fingerprint density at radius 1 is 1.23 bits per heavy atom. The van der Waals surface area contributed by atoms with Crippen LogP contribution in [0.4, 0.5) is 10.7 Å². The molecule has 2 aliphatic heterocycles. The maximum absolute atomic E-state index is 12.8. The van der Waals surface area contributed by atoms with Crippen molar-refractivity contribution in [2.75, 3.05) is 23.9 Å². The number of methoxy groups -OCH3 is 1. The van der Waals surface area contributed by atoms with Crippen LogP contribution in [0.1, 0.15) is 45.7 Å². The SMILES string of the molecule is COC(=O)c1ccc(NC(=O)c2cc3c(cc2Cl)N2CCCCCC2=NS3(=O)=O)s1. The van der Waals surface area contributed by atoms with Crippen LogP contribution >= 0.6 is 22.9 Å². The number of rotatable bonds is 3. The number of halogens is 1. The van der Waals surface area contributed by atoms with Gasteiger partial charge >= 0.3 is 5.97 Å². The van der Waals surface area contributed by atoms with Crippen molar-refractivity contribution in [1.82, 2.24) is 0 Å². The van der Waals surface area contributed by atoms with Crippen LogP contribution in [0.5, 0.6) is 0 Å². The molecule has 8 nitrogen and oxygen atoms in total. The molecule has 1 amide bonds. The monoisotopic (exact) mass is 467 g/mol. The molecular formula is C19H18ClN3O5S2. The molecule has 158 valence electrons. The van der Waals surface area contributed by atoms with Crippen molar-refractivity contribution in [2.24, 2.45) is 4.40 Å². The van der Waals surface area contributed by atoms with E-state index in [0.29, 0.717) is 34.4 Å². The first kappa shape index (κ1) is 20.8. The van der Waals surface area contributed by atoms with Crippen molar-refractivity contribution in [2.45, 2.75) is 30.6 Å². The molecule has 1 fully saturated rings. The van der Waals surface area contributed by atoms with Crippen molar-refractivity contribution in [3.05, 3.63) is 39.7 Å². The Kier molecular flexibility index (Phi) is 5.56. The Morgan fingerprint density at radius 3 is 2.80 bits per heavy atom. The molecule has 2 aromatic rings. The molecule has 4 rings (SSSR count). The second-order valence-corrected chi connectivity index (χ2v) is 9.92. The third-order valence-electron chi connectivity index (χ3n) is 4.91. The van der Waals surface area contributed by atoms with Gasteiger partial charge in [0.05, 0.1) is 28.4 Å². The van der Waals surface area contributed by atoms with Gasteiger partial charge in [-0.15, -0.1) is 15.7 Å². The highest BCUT2D eigenvalue weighted by Gasteiger charge is 2.33. The van der Waals surface area contributed by atoms with Crippen LogP contribution in [-0.2, 0) is 14.8 Å². The lowest BCUT2D eigenvalue weighted by Crippen LogP contribution is -2.35. The summed E-state index contributed by atoms with van der Waals surface area (Å²) in [6.45, 7) is 0.648. The normalized spacial score (nSPS) is 17.3. The number of anilines is 2. The fourth-order valence-corrected chi connectivity index (χ4v) is 5.79. The Balaban J connectivity index is 1.68. The minimum absolute atomic E-state index is 0.0143. The fourth-order valence-electron chi connectivity index (χ4n) is 3.47. The van der Waals surface area contributed by atoms with E-state index >= 15 is 0 Å². The van der Waals surface area contributed by atoms with Gasteiger partial charge in [-0.25, -0.2) is 4.79 Å². The average molecular weight is 468 g/mol. The standard InChI is InChI=1S/C19H18ClN3O5S2/c1-28-19(25)14-6-7-17(29-14)21-18(24)11-9-15-13(10-12(11)20)23-8-4-2-3-5-16(23)22-30(15,26)27/h6-7,9-10H,2-5,8H2,1H3,(H,21,24). The van der Waals surface area contributed by atoms with Gasteiger partial charge in [0.15, 0.2) is 0 Å². The van der Waals surface area contributed by atoms with Gasteiger partial charge in [-0.2, -0.15) is 8.42 Å². The average Bonchev–Trinajstić information content (AvgIpc) is 3.04. The number of nitrogens with zero attached hydrogens (tertiary/aromatic N) is 2. The molecule has 0 spiro atoms. The lowest BCUT2D eigenvalue weighted by Gasteiger charge is -2.30. The third kappa shape index (κ3) is 3.82. The zero-order chi connectivity index (χ0) is 21.5. The number of esters is 1. The van der Waals surface area contributed by atoms with Gasteiger partial charge in [0.2, 0.25) is 0 Å². The molecule has 1 aromatic heterocycles. The predicted molar refractivity (Wildman–Crippen MR) is 115 cm³/mol. The highest BCUT2D eigenvalue weighted by molar-refractivity contribution is 7.90. The van der Waals surface area contributed by atoms with Crippen LogP contribution < -0.4 is 10.2 Å². The Bertz CT molecular complexity index is 1170. The molecule has 1 N–H and O–H groups in total. The third-order valence-corrected chi connectivity index (χ3v) is 7.54. The fraction of sp³-hybridized carbons (Fsp3) is 0.316. The number of thiophene rings is 1. The molecule has 0 bridgehead atoms. The largest absolute Gasteiger partial charge is 0.465 e. The molecule has 11 heteroatoms. The summed E-state index contributed by atoms with van der Waals surface area (Å²) in [5, 5.41) is 3.19. The maximum Gasteiger partial charge on any atom is 0.348 e. The molecular weight excluding hydrogens is 450 g/mol. The first-order chi connectivity index (χ1) is 14.3. The second kappa shape index (κ2) is 8.01. The van der Waals surface area contributed by atoms with Crippen LogP contribution in [0, 0.1) is 0 Å². The molecule has 0 unspecified atom stereocenters. The number of fused-ring (bicyclic) bond motifs is 3. The van der Waals surface area contributed by atoms with Crippen LogP contribution in [0.3, 0.4) is 0 Å². The zero-order valence-corrected chi connectivity index (χ0v) is 18.4. The number of nitrogens with one attached hydrogen (secondary N) is 1. The van der Waals surface area contributed by atoms with Crippen LogP contribution in [0.2, 0.25) is 5.02 Å². The maximum atomic E-state index is 12.8. The Morgan fingerprint density at radius 2 is 2.03 bits per heavy atom. The molecule has 30 heavy (non-hydrogen) atoms. The summed E-state index contributed by atoms with van der Waals surface area (Å²) in [5.74, 6) is -0.575. The van der Waals surface area contributed by atoms with Crippen molar-refractivity contribution in [1.29, 1.82) is 0 Å². The molecule has 0 saturated carbocycles. The number of benzene rings is 1. The van der Waals surface area contributed by atoms with E-state index < -0.39 is 21.9 Å². The van der Waals surface area contributed by atoms with Gasteiger partial charge in [-0.1, -0.05) is 18.0 Å². The topological polar surface area (TPSA) is 105 Å². The second-order valence-electron chi connectivity index (χ2n) is 6.85. The molecule has 0 atom stereocenters. The molecule has 1 saturated heterocycles. The molecule has 0 aliphatic carbocycles. The smallest absolute Gasteiger partial charge is 0.348 e. The van der Waals surface area contributed by atoms with E-state index in [9.17, 15) is 18.0 Å². The molecule has 1 aromatic carbocycles. The van der Waals surface area contributed by atoms with E-state index in [0.717, 1.165) is 30.6 Å². The lowest BCUT2D eigenvalue weighted by molar-refractivity contribution is 0.0606. The number of ether oxygens (including phenoxy) is 1. The molecule has 3 heterocycles. The van der Waals surface area contributed by atoms with Crippen LogP contribution in [0.15, 0.2) is 33.6 Å². The minimum Gasteiger partial charge on any atom is -0.465 e. The molecule has 0 radical (unpaired) electrons. The Labute approximate surface area is 182 Å². The van der Waals surface area contributed by atoms with Crippen LogP contribution in [-0.4, -0.2) is 39.8 Å². The highest BCUT2D eigenvalue weighted by Crippen LogP contribution is 2.38. The van der Waals surface area contributed by atoms with E-state index in [4.69, 9.17) is 11.6 Å². The summed E-state index contributed by atoms with van der Waals surface area (Å²) < 4.78 is 34.1. The van der Waals surface area contributed by atoms with E-state index in [1.807, 2.05) is 4.90 Å². The van der Waals surface area contributed by atoms with E-state index in [2.05, 4.69) is 14.5 Å². The van der Waals surface area contributed by atoms with Crippen molar-refractivity contribution < 1.29 is 22.7 Å². The van der Waals surface area contributed by atoms with Crippen molar-refractivity contribution >= 4 is 61.4 Å². The summed E-state index contributed by atoms with van der Waals surface area (Å²) >= 11 is 7.41. The van der Waals surface area contributed by atoms with Crippen molar-refractivity contribution in [3.8, 4) is 0 Å². The summed E-state index contributed by atoms with van der Waals surface area (Å²) in [7, 11) is -2.67. The van der Waals surface area contributed by atoms with Crippen molar-refractivity contribution in [3.63, 3.8) is 0 Å². The zero-order valence-electron chi connectivity index (χ0n) is 16.0. The number of carbonyl (C=O) groups is 2. The first-order valence-electron chi connectivity index (χ1n) is 9.24.